The zero-order valence-electron chi connectivity index (χ0n) is 19.7. The van der Waals surface area contributed by atoms with Crippen molar-refractivity contribution in [2.24, 2.45) is 0 Å². The van der Waals surface area contributed by atoms with Gasteiger partial charge >= 0.3 is 0 Å². The van der Waals surface area contributed by atoms with Gasteiger partial charge in [-0.25, -0.2) is 9.97 Å². The number of pyridine rings is 1. The zero-order valence-corrected chi connectivity index (χ0v) is 22.0. The molecule has 1 aliphatic rings. The molecule has 5 nitrogen and oxygen atoms in total. The van der Waals surface area contributed by atoms with Crippen molar-refractivity contribution < 1.29 is 4.79 Å². The Hall–Kier alpha value is -3.03. The number of aromatic nitrogens is 2. The van der Waals surface area contributed by atoms with Crippen molar-refractivity contribution in [3.8, 4) is 0 Å². The standard InChI is InChI=1S/C28H24Cl2N4OS/c1-18-32-27-24(36-18)9-8-23(33-28(35)21-10-13-31-25(30)17-21)26(27)20-11-15-34(16-12-20)14-2-3-19-4-6-22(29)7-5-19/h2-11,13,17H,12,14-16H2,1H3,(H,33,35). The van der Waals surface area contributed by atoms with E-state index in [1.165, 1.54) is 11.8 Å². The van der Waals surface area contributed by atoms with E-state index in [0.717, 1.165) is 63.1 Å². The maximum absolute atomic E-state index is 13.0. The Kier molecular flexibility index (Phi) is 7.48. The first kappa shape index (κ1) is 24.7. The highest BCUT2D eigenvalue weighted by Crippen LogP contribution is 2.37. The van der Waals surface area contributed by atoms with Gasteiger partial charge in [0.25, 0.3) is 5.91 Å². The number of fused-ring (bicyclic) bond motifs is 1. The van der Waals surface area contributed by atoms with Crippen LogP contribution in [0.3, 0.4) is 0 Å². The molecule has 0 saturated heterocycles. The molecular formula is C28H24Cl2N4OS. The van der Waals surface area contributed by atoms with Gasteiger partial charge < -0.3 is 5.32 Å². The van der Waals surface area contributed by atoms with E-state index in [4.69, 9.17) is 28.2 Å². The minimum Gasteiger partial charge on any atom is -0.321 e. The van der Waals surface area contributed by atoms with E-state index in [1.54, 1.807) is 23.5 Å². The maximum Gasteiger partial charge on any atom is 0.255 e. The number of thiazole rings is 1. The zero-order chi connectivity index (χ0) is 25.1. The molecule has 1 amide bonds. The smallest absolute Gasteiger partial charge is 0.255 e. The predicted molar refractivity (Wildman–Crippen MR) is 151 cm³/mol. The van der Waals surface area contributed by atoms with E-state index < -0.39 is 0 Å². The van der Waals surface area contributed by atoms with Crippen molar-refractivity contribution in [3.63, 3.8) is 0 Å². The van der Waals surface area contributed by atoms with Crippen molar-refractivity contribution in [1.29, 1.82) is 0 Å². The fourth-order valence-corrected chi connectivity index (χ4v) is 5.42. The van der Waals surface area contributed by atoms with E-state index in [0.29, 0.717) is 5.56 Å². The molecule has 182 valence electrons. The van der Waals surface area contributed by atoms with Gasteiger partial charge in [0.15, 0.2) is 0 Å². The normalized spacial score (nSPS) is 14.4. The SMILES string of the molecule is Cc1nc2c(C3=CCN(CC=Cc4ccc(Cl)cc4)CC3)c(NC(=O)c3ccnc(Cl)c3)ccc2s1. The molecule has 0 bridgehead atoms. The highest BCUT2D eigenvalue weighted by Gasteiger charge is 2.21. The van der Waals surface area contributed by atoms with Gasteiger partial charge in [0.05, 0.1) is 20.9 Å². The number of carbonyl (C=O) groups is 1. The molecule has 0 radical (unpaired) electrons. The minimum atomic E-state index is -0.225. The van der Waals surface area contributed by atoms with E-state index in [-0.39, 0.29) is 11.1 Å². The van der Waals surface area contributed by atoms with Crippen LogP contribution in [-0.2, 0) is 0 Å². The van der Waals surface area contributed by atoms with Crippen LogP contribution in [0.25, 0.3) is 21.9 Å². The fourth-order valence-electron chi connectivity index (χ4n) is 4.29. The summed E-state index contributed by atoms with van der Waals surface area (Å²) in [7, 11) is 0. The molecule has 5 rings (SSSR count). The number of carbonyl (C=O) groups excluding carboxylic acids is 1. The van der Waals surface area contributed by atoms with Crippen LogP contribution in [0.5, 0.6) is 0 Å². The summed E-state index contributed by atoms with van der Waals surface area (Å²) in [5, 5.41) is 5.11. The van der Waals surface area contributed by atoms with Gasteiger partial charge in [0.1, 0.15) is 5.15 Å². The van der Waals surface area contributed by atoms with Crippen LogP contribution >= 0.6 is 34.5 Å². The van der Waals surface area contributed by atoms with Crippen molar-refractivity contribution >= 4 is 68.0 Å². The molecule has 0 atom stereocenters. The molecule has 1 N–H and O–H groups in total. The molecule has 1 aliphatic heterocycles. The average molecular weight is 536 g/mol. The largest absolute Gasteiger partial charge is 0.321 e. The highest BCUT2D eigenvalue weighted by molar-refractivity contribution is 7.18. The first-order chi connectivity index (χ1) is 17.5. The molecule has 0 saturated carbocycles. The lowest BCUT2D eigenvalue weighted by Crippen LogP contribution is -2.28. The van der Waals surface area contributed by atoms with Gasteiger partial charge in [-0.15, -0.1) is 11.3 Å². The van der Waals surface area contributed by atoms with Crippen LogP contribution in [0.4, 0.5) is 5.69 Å². The topological polar surface area (TPSA) is 58.1 Å². The van der Waals surface area contributed by atoms with E-state index in [1.807, 2.05) is 43.3 Å². The molecule has 8 heteroatoms. The van der Waals surface area contributed by atoms with Gasteiger partial charge in [-0.1, -0.05) is 53.6 Å². The third-order valence-corrected chi connectivity index (χ3v) is 7.46. The van der Waals surface area contributed by atoms with Crippen molar-refractivity contribution in [3.05, 3.63) is 98.8 Å². The number of nitrogens with one attached hydrogen (secondary N) is 1. The summed E-state index contributed by atoms with van der Waals surface area (Å²) in [6.07, 6.45) is 8.95. The van der Waals surface area contributed by atoms with Crippen LogP contribution in [-0.4, -0.2) is 40.4 Å². The lowest BCUT2D eigenvalue weighted by molar-refractivity contribution is 0.102. The van der Waals surface area contributed by atoms with Crippen LogP contribution < -0.4 is 5.32 Å². The number of benzene rings is 2. The average Bonchev–Trinajstić information content (AvgIpc) is 3.26. The predicted octanol–water partition coefficient (Wildman–Crippen LogP) is 7.36. The molecule has 0 aliphatic carbocycles. The first-order valence-corrected chi connectivity index (χ1v) is 13.2. The summed E-state index contributed by atoms with van der Waals surface area (Å²) >= 11 is 13.6. The molecule has 0 fully saturated rings. The van der Waals surface area contributed by atoms with Gasteiger partial charge in [0.2, 0.25) is 0 Å². The third-order valence-electron chi connectivity index (χ3n) is 6.06. The second-order valence-corrected chi connectivity index (χ2v) is 10.6. The number of hydrogen-bond acceptors (Lipinski definition) is 5. The van der Waals surface area contributed by atoms with Gasteiger partial charge in [0, 0.05) is 42.0 Å². The second kappa shape index (κ2) is 10.9. The van der Waals surface area contributed by atoms with E-state index in [9.17, 15) is 4.79 Å². The molecule has 4 aromatic rings. The van der Waals surface area contributed by atoms with E-state index >= 15 is 0 Å². The fraction of sp³-hybridized carbons (Fsp3) is 0.179. The summed E-state index contributed by atoms with van der Waals surface area (Å²) in [4.78, 5) is 24.2. The van der Waals surface area contributed by atoms with Crippen LogP contribution in [0.15, 0.2) is 66.9 Å². The summed E-state index contributed by atoms with van der Waals surface area (Å²) < 4.78 is 1.11. The Labute approximate surface area is 224 Å². The summed E-state index contributed by atoms with van der Waals surface area (Å²) in [5.41, 5.74) is 5.49. The Morgan fingerprint density at radius 2 is 2.00 bits per heavy atom. The Morgan fingerprint density at radius 3 is 2.75 bits per heavy atom. The monoisotopic (exact) mass is 534 g/mol. The summed E-state index contributed by atoms with van der Waals surface area (Å²) in [5.74, 6) is -0.225. The molecule has 3 heterocycles. The van der Waals surface area contributed by atoms with E-state index in [2.05, 4.69) is 33.4 Å². The maximum atomic E-state index is 13.0. The lowest BCUT2D eigenvalue weighted by Gasteiger charge is -2.26. The summed E-state index contributed by atoms with van der Waals surface area (Å²) in [6, 6.07) is 15.0. The first-order valence-electron chi connectivity index (χ1n) is 11.6. The Bertz CT molecular complexity index is 1480. The number of nitrogens with zero attached hydrogens (tertiary/aromatic N) is 3. The Morgan fingerprint density at radius 1 is 1.17 bits per heavy atom. The van der Waals surface area contributed by atoms with Gasteiger partial charge in [-0.05, 0) is 60.9 Å². The molecule has 2 aromatic heterocycles. The minimum absolute atomic E-state index is 0.225. The summed E-state index contributed by atoms with van der Waals surface area (Å²) in [6.45, 7) is 4.62. The van der Waals surface area contributed by atoms with Gasteiger partial charge in [-0.3, -0.25) is 9.69 Å². The van der Waals surface area contributed by atoms with Crippen LogP contribution in [0.1, 0.15) is 32.9 Å². The van der Waals surface area contributed by atoms with Crippen LogP contribution in [0.2, 0.25) is 10.2 Å². The molecule has 0 spiro atoms. The molecule has 2 aromatic carbocycles. The van der Waals surface area contributed by atoms with Crippen molar-refractivity contribution in [2.75, 3.05) is 25.0 Å². The number of amides is 1. The number of anilines is 1. The number of hydrogen-bond donors (Lipinski definition) is 1. The lowest BCUT2D eigenvalue weighted by atomic mass is 9.96. The number of halogens is 2. The Balaban J connectivity index is 1.37. The van der Waals surface area contributed by atoms with Crippen molar-refractivity contribution in [1.82, 2.24) is 14.9 Å². The second-order valence-electron chi connectivity index (χ2n) is 8.58. The number of aryl methyl sites for hydroxylation is 1. The number of rotatable bonds is 6. The quantitative estimate of drug-likeness (QED) is 0.262. The van der Waals surface area contributed by atoms with Crippen LogP contribution in [0, 0.1) is 6.92 Å². The van der Waals surface area contributed by atoms with Gasteiger partial charge in [-0.2, -0.15) is 0 Å². The molecule has 36 heavy (non-hydrogen) atoms. The third kappa shape index (κ3) is 5.68. The molecule has 0 unspecified atom stereocenters. The highest BCUT2D eigenvalue weighted by atomic mass is 35.5. The van der Waals surface area contributed by atoms with Crippen molar-refractivity contribution in [2.45, 2.75) is 13.3 Å². The molecular weight excluding hydrogens is 511 g/mol.